The summed E-state index contributed by atoms with van der Waals surface area (Å²) in [7, 11) is 0. The van der Waals surface area contributed by atoms with Crippen molar-refractivity contribution in [3.05, 3.63) is 65.2 Å². The molecule has 0 saturated carbocycles. The predicted octanol–water partition coefficient (Wildman–Crippen LogP) is 3.84. The van der Waals surface area contributed by atoms with E-state index in [1.165, 1.54) is 12.1 Å². The first kappa shape index (κ1) is 15.4. The first-order chi connectivity index (χ1) is 10.0. The van der Waals surface area contributed by atoms with Gasteiger partial charge in [0.05, 0.1) is 0 Å². The second-order valence-corrected chi connectivity index (χ2v) is 5.33. The molecule has 0 unspecified atom stereocenters. The number of hydrogen-bond acceptors (Lipinski definition) is 2. The van der Waals surface area contributed by atoms with Gasteiger partial charge in [-0.2, -0.15) is 0 Å². The van der Waals surface area contributed by atoms with E-state index in [0.29, 0.717) is 18.7 Å². The molecule has 0 heterocycles. The van der Waals surface area contributed by atoms with E-state index in [1.54, 1.807) is 0 Å². The molecule has 0 fully saturated rings. The maximum absolute atomic E-state index is 13.8. The van der Waals surface area contributed by atoms with Crippen LogP contribution in [-0.2, 0) is 13.1 Å². The van der Waals surface area contributed by atoms with E-state index in [9.17, 15) is 8.78 Å². The largest absolute Gasteiger partial charge is 0.365 e. The average molecular weight is 290 g/mol. The standard InChI is InChI=1S/C17H20F2N2/c1-12(2)21(16-7-3-13(10-20)4-8-16)11-14-5-6-15(18)9-17(14)19/h3-9,12H,10-11,20H2,1-2H3. The van der Waals surface area contributed by atoms with Crippen LogP contribution in [0.25, 0.3) is 0 Å². The minimum Gasteiger partial charge on any atom is -0.365 e. The van der Waals surface area contributed by atoms with Crippen LogP contribution in [0.1, 0.15) is 25.0 Å². The normalized spacial score (nSPS) is 11.0. The van der Waals surface area contributed by atoms with Gasteiger partial charge in [0.1, 0.15) is 11.6 Å². The topological polar surface area (TPSA) is 29.3 Å². The van der Waals surface area contributed by atoms with E-state index in [-0.39, 0.29) is 6.04 Å². The fourth-order valence-electron chi connectivity index (χ4n) is 2.23. The Morgan fingerprint density at radius 1 is 1.05 bits per heavy atom. The third-order valence-electron chi connectivity index (χ3n) is 3.48. The van der Waals surface area contributed by atoms with Gasteiger partial charge in [-0.3, -0.25) is 0 Å². The Kier molecular flexibility index (Phi) is 4.91. The van der Waals surface area contributed by atoms with Crippen molar-refractivity contribution in [3.8, 4) is 0 Å². The van der Waals surface area contributed by atoms with Gasteiger partial charge in [-0.25, -0.2) is 8.78 Å². The van der Waals surface area contributed by atoms with Crippen LogP contribution in [0.4, 0.5) is 14.5 Å². The molecular weight excluding hydrogens is 270 g/mol. The van der Waals surface area contributed by atoms with Crippen LogP contribution >= 0.6 is 0 Å². The minimum atomic E-state index is -0.556. The number of nitrogens with two attached hydrogens (primary N) is 1. The fraction of sp³-hybridized carbons (Fsp3) is 0.294. The summed E-state index contributed by atoms with van der Waals surface area (Å²) in [5.41, 5.74) is 8.12. The highest BCUT2D eigenvalue weighted by Gasteiger charge is 2.14. The van der Waals surface area contributed by atoms with Crippen LogP contribution in [0.3, 0.4) is 0 Å². The number of nitrogens with zero attached hydrogens (tertiary/aromatic N) is 1. The molecule has 2 N–H and O–H groups in total. The molecule has 4 heteroatoms. The van der Waals surface area contributed by atoms with Crippen molar-refractivity contribution in [1.29, 1.82) is 0 Å². The molecule has 2 aromatic carbocycles. The smallest absolute Gasteiger partial charge is 0.131 e. The zero-order chi connectivity index (χ0) is 15.4. The van der Waals surface area contributed by atoms with Gasteiger partial charge < -0.3 is 10.6 Å². The summed E-state index contributed by atoms with van der Waals surface area (Å²) >= 11 is 0. The van der Waals surface area contributed by atoms with Crippen molar-refractivity contribution in [2.75, 3.05) is 4.90 Å². The molecule has 0 spiro atoms. The monoisotopic (exact) mass is 290 g/mol. The molecule has 0 atom stereocenters. The first-order valence-electron chi connectivity index (χ1n) is 7.01. The Morgan fingerprint density at radius 2 is 1.71 bits per heavy atom. The summed E-state index contributed by atoms with van der Waals surface area (Å²) in [5, 5.41) is 0. The number of anilines is 1. The van der Waals surface area contributed by atoms with Crippen molar-refractivity contribution in [1.82, 2.24) is 0 Å². The van der Waals surface area contributed by atoms with E-state index in [0.717, 1.165) is 17.3 Å². The van der Waals surface area contributed by atoms with Gasteiger partial charge in [-0.15, -0.1) is 0 Å². The molecule has 0 bridgehead atoms. The van der Waals surface area contributed by atoms with Crippen molar-refractivity contribution in [2.45, 2.75) is 33.0 Å². The van der Waals surface area contributed by atoms with Gasteiger partial charge in [0, 0.05) is 36.4 Å². The zero-order valence-corrected chi connectivity index (χ0v) is 12.3. The third-order valence-corrected chi connectivity index (χ3v) is 3.48. The van der Waals surface area contributed by atoms with E-state index in [4.69, 9.17) is 5.73 Å². The molecule has 2 rings (SSSR count). The SMILES string of the molecule is CC(C)N(Cc1ccc(F)cc1F)c1ccc(CN)cc1. The molecule has 0 radical (unpaired) electrons. The molecule has 2 nitrogen and oxygen atoms in total. The number of halogens is 2. The van der Waals surface area contributed by atoms with E-state index in [2.05, 4.69) is 4.90 Å². The van der Waals surface area contributed by atoms with E-state index in [1.807, 2.05) is 38.1 Å². The Labute approximate surface area is 124 Å². The summed E-state index contributed by atoms with van der Waals surface area (Å²) in [6.45, 7) is 4.97. The molecule has 0 aromatic heterocycles. The lowest BCUT2D eigenvalue weighted by molar-refractivity contribution is 0.564. The van der Waals surface area contributed by atoms with Gasteiger partial charge in [0.25, 0.3) is 0 Å². The van der Waals surface area contributed by atoms with Crippen LogP contribution in [-0.4, -0.2) is 6.04 Å². The molecule has 112 valence electrons. The number of benzene rings is 2. The molecule has 0 amide bonds. The highest BCUT2D eigenvalue weighted by Crippen LogP contribution is 2.22. The quantitative estimate of drug-likeness (QED) is 0.906. The van der Waals surface area contributed by atoms with Crippen molar-refractivity contribution < 1.29 is 8.78 Å². The Balaban J connectivity index is 2.26. The summed E-state index contributed by atoms with van der Waals surface area (Å²) < 4.78 is 26.8. The molecule has 0 aliphatic rings. The molecule has 0 saturated heterocycles. The number of rotatable bonds is 5. The lowest BCUT2D eigenvalue weighted by Gasteiger charge is -2.29. The second-order valence-electron chi connectivity index (χ2n) is 5.33. The van der Waals surface area contributed by atoms with Crippen LogP contribution in [0.2, 0.25) is 0 Å². The summed E-state index contributed by atoms with van der Waals surface area (Å²) in [5.74, 6) is -1.07. The van der Waals surface area contributed by atoms with Gasteiger partial charge in [0.15, 0.2) is 0 Å². The maximum atomic E-state index is 13.8. The Hall–Kier alpha value is -1.94. The molecule has 0 aliphatic carbocycles. The van der Waals surface area contributed by atoms with Crippen LogP contribution in [0.15, 0.2) is 42.5 Å². The van der Waals surface area contributed by atoms with Crippen molar-refractivity contribution in [2.24, 2.45) is 5.73 Å². The third kappa shape index (κ3) is 3.79. The van der Waals surface area contributed by atoms with Crippen LogP contribution in [0.5, 0.6) is 0 Å². The van der Waals surface area contributed by atoms with Crippen molar-refractivity contribution >= 4 is 5.69 Å². The van der Waals surface area contributed by atoms with E-state index >= 15 is 0 Å². The minimum absolute atomic E-state index is 0.193. The first-order valence-corrected chi connectivity index (χ1v) is 7.01. The fourth-order valence-corrected chi connectivity index (χ4v) is 2.23. The average Bonchev–Trinajstić information content (AvgIpc) is 2.46. The highest BCUT2D eigenvalue weighted by molar-refractivity contribution is 5.49. The summed E-state index contributed by atoms with van der Waals surface area (Å²) in [6.07, 6.45) is 0. The van der Waals surface area contributed by atoms with Gasteiger partial charge >= 0.3 is 0 Å². The summed E-state index contributed by atoms with van der Waals surface area (Å²) in [4.78, 5) is 2.07. The van der Waals surface area contributed by atoms with Crippen LogP contribution in [0, 0.1) is 11.6 Å². The lowest BCUT2D eigenvalue weighted by Crippen LogP contribution is -2.30. The van der Waals surface area contributed by atoms with Crippen LogP contribution < -0.4 is 10.6 Å². The predicted molar refractivity (Wildman–Crippen MR) is 82.0 cm³/mol. The van der Waals surface area contributed by atoms with Gasteiger partial charge in [0.2, 0.25) is 0 Å². The molecule has 2 aromatic rings. The summed E-state index contributed by atoms with van der Waals surface area (Å²) in [6, 6.07) is 11.8. The second kappa shape index (κ2) is 6.68. The van der Waals surface area contributed by atoms with E-state index < -0.39 is 11.6 Å². The highest BCUT2D eigenvalue weighted by atomic mass is 19.1. The maximum Gasteiger partial charge on any atom is 0.131 e. The van der Waals surface area contributed by atoms with Crippen molar-refractivity contribution in [3.63, 3.8) is 0 Å². The molecular formula is C17H20F2N2. The molecule has 0 aliphatic heterocycles. The Bertz CT molecular complexity index is 594. The lowest BCUT2D eigenvalue weighted by atomic mass is 10.1. The van der Waals surface area contributed by atoms with Gasteiger partial charge in [-0.1, -0.05) is 18.2 Å². The zero-order valence-electron chi connectivity index (χ0n) is 12.3. The molecule has 21 heavy (non-hydrogen) atoms. The van der Waals surface area contributed by atoms with Gasteiger partial charge in [-0.05, 0) is 37.6 Å². The number of hydrogen-bond donors (Lipinski definition) is 1. The Morgan fingerprint density at radius 3 is 2.24 bits per heavy atom.